The number of carbonyl (C=O) groups is 1. The van der Waals surface area contributed by atoms with Crippen LogP contribution in [-0.4, -0.2) is 20.9 Å². The largest absolute Gasteiger partial charge is 0.343 e. The third-order valence-corrected chi connectivity index (χ3v) is 4.76. The Bertz CT molecular complexity index is 824. The number of hydrogen-bond donors (Lipinski definition) is 1. The highest BCUT2D eigenvalue weighted by Gasteiger charge is 2.17. The molecule has 0 spiro atoms. The van der Waals surface area contributed by atoms with E-state index in [4.69, 9.17) is 0 Å². The first-order valence-corrected chi connectivity index (χ1v) is 9.10. The van der Waals surface area contributed by atoms with Crippen LogP contribution in [-0.2, 0) is 6.54 Å². The fourth-order valence-electron chi connectivity index (χ4n) is 2.45. The molecule has 0 saturated carbocycles. The minimum absolute atomic E-state index is 0.00984. The molecule has 1 amide bonds. The maximum absolute atomic E-state index is 12.4. The maximum atomic E-state index is 12.4. The minimum Gasteiger partial charge on any atom is -0.343 e. The lowest BCUT2D eigenvalue weighted by atomic mass is 10.2. The average molecular weight is 352 g/mol. The van der Waals surface area contributed by atoms with E-state index in [9.17, 15) is 4.79 Å². The van der Waals surface area contributed by atoms with Crippen LogP contribution in [0.25, 0.3) is 6.08 Å². The molecule has 2 heterocycles. The Kier molecular flexibility index (Phi) is 5.74. The van der Waals surface area contributed by atoms with Crippen LogP contribution in [0.2, 0.25) is 0 Å². The van der Waals surface area contributed by atoms with Crippen LogP contribution in [0.5, 0.6) is 0 Å². The van der Waals surface area contributed by atoms with E-state index in [2.05, 4.69) is 22.6 Å². The van der Waals surface area contributed by atoms with Gasteiger partial charge in [0.05, 0.1) is 18.8 Å². The summed E-state index contributed by atoms with van der Waals surface area (Å²) in [4.78, 5) is 13.5. The van der Waals surface area contributed by atoms with Crippen molar-refractivity contribution in [1.82, 2.24) is 20.3 Å². The Morgan fingerprint density at radius 2 is 2.12 bits per heavy atom. The van der Waals surface area contributed by atoms with E-state index in [-0.39, 0.29) is 11.9 Å². The topological polar surface area (TPSA) is 59.8 Å². The zero-order valence-corrected chi connectivity index (χ0v) is 14.8. The summed E-state index contributed by atoms with van der Waals surface area (Å²) in [6, 6.07) is 14.1. The highest BCUT2D eigenvalue weighted by Crippen LogP contribution is 2.21. The van der Waals surface area contributed by atoms with Crippen molar-refractivity contribution >= 4 is 23.3 Å². The molecule has 0 bridgehead atoms. The van der Waals surface area contributed by atoms with Gasteiger partial charge in [0.15, 0.2) is 5.69 Å². The van der Waals surface area contributed by atoms with Crippen LogP contribution in [0.15, 0.2) is 60.1 Å². The molecular formula is C19H20N4OS. The van der Waals surface area contributed by atoms with Crippen LogP contribution in [0, 0.1) is 0 Å². The van der Waals surface area contributed by atoms with Gasteiger partial charge in [-0.3, -0.25) is 4.79 Å². The van der Waals surface area contributed by atoms with Gasteiger partial charge in [-0.15, -0.1) is 16.4 Å². The van der Waals surface area contributed by atoms with Crippen molar-refractivity contribution in [2.24, 2.45) is 0 Å². The Labute approximate surface area is 151 Å². The lowest BCUT2D eigenvalue weighted by Gasteiger charge is -2.14. The number of thiophene rings is 1. The molecule has 128 valence electrons. The Hall–Kier alpha value is -2.73. The van der Waals surface area contributed by atoms with E-state index in [0.29, 0.717) is 12.2 Å². The first-order valence-electron chi connectivity index (χ1n) is 8.22. The number of amides is 1. The molecule has 6 heteroatoms. The van der Waals surface area contributed by atoms with E-state index >= 15 is 0 Å². The Morgan fingerprint density at radius 1 is 1.28 bits per heavy atom. The molecule has 0 aliphatic carbocycles. The predicted molar refractivity (Wildman–Crippen MR) is 100 cm³/mol. The van der Waals surface area contributed by atoms with Gasteiger partial charge >= 0.3 is 0 Å². The van der Waals surface area contributed by atoms with Gasteiger partial charge in [0.1, 0.15) is 0 Å². The van der Waals surface area contributed by atoms with Gasteiger partial charge in [-0.1, -0.05) is 60.7 Å². The molecule has 1 N–H and O–H groups in total. The summed E-state index contributed by atoms with van der Waals surface area (Å²) >= 11 is 1.64. The molecule has 0 aliphatic heterocycles. The molecular weight excluding hydrogens is 332 g/mol. The number of rotatable bonds is 7. The van der Waals surface area contributed by atoms with E-state index in [0.717, 1.165) is 16.9 Å². The van der Waals surface area contributed by atoms with Gasteiger partial charge in [-0.2, -0.15) is 0 Å². The number of allylic oxidation sites excluding steroid dienone is 1. The number of nitrogens with zero attached hydrogens (tertiary/aromatic N) is 3. The number of benzene rings is 1. The number of carbonyl (C=O) groups excluding carboxylic acids is 1. The van der Waals surface area contributed by atoms with E-state index < -0.39 is 0 Å². The van der Waals surface area contributed by atoms with Crippen molar-refractivity contribution in [3.05, 3.63) is 76.3 Å². The molecule has 1 unspecified atom stereocenters. The smallest absolute Gasteiger partial charge is 0.273 e. The summed E-state index contributed by atoms with van der Waals surface area (Å²) in [7, 11) is 0. The van der Waals surface area contributed by atoms with Gasteiger partial charge in [0, 0.05) is 4.88 Å². The van der Waals surface area contributed by atoms with Gasteiger partial charge < -0.3 is 5.32 Å². The van der Waals surface area contributed by atoms with Crippen LogP contribution in [0.3, 0.4) is 0 Å². The van der Waals surface area contributed by atoms with Gasteiger partial charge in [0.25, 0.3) is 5.91 Å². The first kappa shape index (κ1) is 17.1. The molecule has 1 atom stereocenters. The second kappa shape index (κ2) is 8.39. The van der Waals surface area contributed by atoms with Crippen LogP contribution < -0.4 is 5.32 Å². The second-order valence-corrected chi connectivity index (χ2v) is 6.57. The van der Waals surface area contributed by atoms with Crippen molar-refractivity contribution in [1.29, 1.82) is 0 Å². The third kappa shape index (κ3) is 4.64. The summed E-state index contributed by atoms with van der Waals surface area (Å²) in [5, 5.41) is 13.0. The van der Waals surface area contributed by atoms with E-state index in [1.165, 1.54) is 0 Å². The lowest BCUT2D eigenvalue weighted by Crippen LogP contribution is -2.27. The fourth-order valence-corrected chi connectivity index (χ4v) is 3.31. The molecule has 5 nitrogen and oxygen atoms in total. The predicted octanol–water partition coefficient (Wildman–Crippen LogP) is 3.93. The second-order valence-electron chi connectivity index (χ2n) is 5.59. The highest BCUT2D eigenvalue weighted by atomic mass is 32.1. The third-order valence-electron chi connectivity index (χ3n) is 3.77. The van der Waals surface area contributed by atoms with Crippen LogP contribution in [0.4, 0.5) is 0 Å². The maximum Gasteiger partial charge on any atom is 0.273 e. The number of hydrogen-bond acceptors (Lipinski definition) is 4. The summed E-state index contributed by atoms with van der Waals surface area (Å²) in [5.41, 5.74) is 1.46. The van der Waals surface area contributed by atoms with Crippen LogP contribution >= 0.6 is 11.3 Å². The molecule has 0 aliphatic rings. The molecule has 3 aromatic rings. The Morgan fingerprint density at radius 3 is 2.84 bits per heavy atom. The molecule has 2 aromatic heterocycles. The molecule has 3 rings (SSSR count). The summed E-state index contributed by atoms with van der Waals surface area (Å²) in [5.74, 6) is -0.196. The zero-order chi connectivity index (χ0) is 17.5. The molecule has 25 heavy (non-hydrogen) atoms. The summed E-state index contributed by atoms with van der Waals surface area (Å²) in [6.45, 7) is 2.62. The highest BCUT2D eigenvalue weighted by molar-refractivity contribution is 7.10. The summed E-state index contributed by atoms with van der Waals surface area (Å²) in [6.07, 6.45) is 6.52. The molecule has 0 fully saturated rings. The molecule has 0 radical (unpaired) electrons. The van der Waals surface area contributed by atoms with Gasteiger partial charge in [-0.25, -0.2) is 4.68 Å². The minimum atomic E-state index is -0.196. The first-order chi connectivity index (χ1) is 12.3. The SMILES string of the molecule is CCC(NC(=O)c1cn(CC=Cc2ccccc2)nn1)c1cccs1. The lowest BCUT2D eigenvalue weighted by molar-refractivity contribution is 0.0931. The monoisotopic (exact) mass is 352 g/mol. The standard InChI is InChI=1S/C19H20N4OS/c1-2-16(18-11-7-13-25-18)20-19(24)17-14-23(22-21-17)12-6-10-15-8-4-3-5-9-15/h3-11,13-14,16H,2,12H2,1H3,(H,20,24). The van der Waals surface area contributed by atoms with Gasteiger partial charge in [0.2, 0.25) is 0 Å². The Balaban J connectivity index is 1.59. The van der Waals surface area contributed by atoms with Crippen LogP contribution in [0.1, 0.15) is 40.3 Å². The normalized spacial score (nSPS) is 12.4. The zero-order valence-electron chi connectivity index (χ0n) is 14.0. The van der Waals surface area contributed by atoms with Crippen molar-refractivity contribution in [2.75, 3.05) is 0 Å². The van der Waals surface area contributed by atoms with E-state index in [1.807, 2.05) is 60.0 Å². The van der Waals surface area contributed by atoms with Crippen molar-refractivity contribution in [3.8, 4) is 0 Å². The number of aromatic nitrogens is 3. The summed E-state index contributed by atoms with van der Waals surface area (Å²) < 4.78 is 1.65. The van der Waals surface area contributed by atoms with Gasteiger partial charge in [-0.05, 0) is 23.4 Å². The van der Waals surface area contributed by atoms with Crippen molar-refractivity contribution in [3.63, 3.8) is 0 Å². The van der Waals surface area contributed by atoms with Crippen molar-refractivity contribution in [2.45, 2.75) is 25.9 Å². The quantitative estimate of drug-likeness (QED) is 0.701. The molecule has 0 saturated heterocycles. The van der Waals surface area contributed by atoms with Crippen molar-refractivity contribution < 1.29 is 4.79 Å². The average Bonchev–Trinajstić information content (AvgIpc) is 3.32. The molecule has 1 aromatic carbocycles. The number of nitrogens with one attached hydrogen (secondary N) is 1. The van der Waals surface area contributed by atoms with E-state index in [1.54, 1.807) is 22.2 Å². The fraction of sp³-hybridized carbons (Fsp3) is 0.211.